The molecule has 1 aromatic carbocycles. The molecular weight excluding hydrogens is 326 g/mol. The monoisotopic (exact) mass is 351 g/mol. The number of nitrogens with zero attached hydrogens (tertiary/aromatic N) is 1. The first kappa shape index (κ1) is 19.9. The molecule has 0 spiro atoms. The van der Waals surface area contributed by atoms with Gasteiger partial charge >= 0.3 is 0 Å². The third-order valence-corrected chi connectivity index (χ3v) is 4.69. The molecule has 6 nitrogen and oxygen atoms in total. The van der Waals surface area contributed by atoms with Crippen molar-refractivity contribution in [3.05, 3.63) is 41.0 Å². The molecule has 0 atom stereocenters. The highest BCUT2D eigenvalue weighted by Gasteiger charge is 2.19. The lowest BCUT2D eigenvalue weighted by Gasteiger charge is -2.13. The number of sulfone groups is 1. The molecule has 0 fully saturated rings. The van der Waals surface area contributed by atoms with E-state index in [9.17, 15) is 13.2 Å². The van der Waals surface area contributed by atoms with Crippen LogP contribution in [-0.2, 0) is 22.7 Å². The van der Waals surface area contributed by atoms with Gasteiger partial charge in [-0.3, -0.25) is 4.79 Å². The van der Waals surface area contributed by atoms with Gasteiger partial charge in [-0.1, -0.05) is 32.1 Å². The van der Waals surface area contributed by atoms with Crippen LogP contribution in [0, 0.1) is 0 Å². The van der Waals surface area contributed by atoms with Crippen molar-refractivity contribution in [1.82, 2.24) is 0 Å². The number of aliphatic imine (C=N–C) groups is 1. The predicted octanol–water partition coefficient (Wildman–Crippen LogP) is 1.96. The quantitative estimate of drug-likeness (QED) is 0.442. The molecule has 0 bridgehead atoms. The second-order valence-electron chi connectivity index (χ2n) is 5.50. The van der Waals surface area contributed by atoms with Gasteiger partial charge in [-0.15, -0.1) is 0 Å². The number of hydrogen-bond acceptors (Lipinski definition) is 3. The van der Waals surface area contributed by atoms with E-state index in [2.05, 4.69) is 4.99 Å². The summed E-state index contributed by atoms with van der Waals surface area (Å²) >= 11 is 0. The molecular formula is C17H25N3O3S. The molecule has 0 saturated heterocycles. The lowest BCUT2D eigenvalue weighted by Crippen LogP contribution is -2.24. The zero-order valence-electron chi connectivity index (χ0n) is 14.4. The summed E-state index contributed by atoms with van der Waals surface area (Å²) < 4.78 is 24.2. The van der Waals surface area contributed by atoms with Gasteiger partial charge in [0.15, 0.2) is 15.8 Å². The Morgan fingerprint density at radius 1 is 1.17 bits per heavy atom. The van der Waals surface area contributed by atoms with E-state index in [4.69, 9.17) is 11.5 Å². The van der Waals surface area contributed by atoms with Crippen LogP contribution in [0.1, 0.15) is 48.2 Å². The number of benzene rings is 1. The highest BCUT2D eigenvalue weighted by molar-refractivity contribution is 7.90. The van der Waals surface area contributed by atoms with Gasteiger partial charge in [0.2, 0.25) is 0 Å². The van der Waals surface area contributed by atoms with Crippen LogP contribution in [0.25, 0.3) is 0 Å². The van der Waals surface area contributed by atoms with Crippen LogP contribution in [0.3, 0.4) is 0 Å². The van der Waals surface area contributed by atoms with E-state index in [1.807, 2.05) is 26.0 Å². The molecule has 0 aliphatic heterocycles. The lowest BCUT2D eigenvalue weighted by molar-refractivity contribution is 0.100. The average Bonchev–Trinajstić information content (AvgIpc) is 2.49. The number of amides is 1. The summed E-state index contributed by atoms with van der Waals surface area (Å²) in [4.78, 5) is 15.8. The van der Waals surface area contributed by atoms with E-state index < -0.39 is 15.7 Å². The summed E-state index contributed by atoms with van der Waals surface area (Å²) in [5.74, 6) is -0.981. The van der Waals surface area contributed by atoms with Crippen molar-refractivity contribution in [2.45, 2.75) is 44.4 Å². The molecule has 1 rings (SSSR count). The van der Waals surface area contributed by atoms with E-state index in [0.717, 1.165) is 24.7 Å². The fourth-order valence-electron chi connectivity index (χ4n) is 2.41. The predicted molar refractivity (Wildman–Crippen MR) is 96.8 cm³/mol. The second kappa shape index (κ2) is 8.63. The zero-order valence-corrected chi connectivity index (χ0v) is 15.2. The van der Waals surface area contributed by atoms with Crippen molar-refractivity contribution in [3.63, 3.8) is 0 Å². The Hall–Kier alpha value is -2.15. The molecule has 0 aliphatic rings. The van der Waals surface area contributed by atoms with Gasteiger partial charge in [0.1, 0.15) is 0 Å². The Labute approximate surface area is 143 Å². The Morgan fingerprint density at radius 3 is 2.33 bits per heavy atom. The molecule has 0 unspecified atom stereocenters. The maximum absolute atomic E-state index is 12.2. The van der Waals surface area contributed by atoms with Crippen LogP contribution >= 0.6 is 0 Å². The normalized spacial score (nSPS) is 11.6. The molecule has 1 aromatic rings. The van der Waals surface area contributed by atoms with Crippen LogP contribution in [-0.4, -0.2) is 26.5 Å². The SMILES string of the molecule is CC/C=C/CCc1cc(CC)c(C(=O)N=C(N)N)cc1S(C)(=O)=O. The van der Waals surface area contributed by atoms with Gasteiger partial charge in [0.25, 0.3) is 5.91 Å². The standard InChI is InChI=1S/C17H25N3O3S/c1-4-6-7-8-9-13-10-12(5-2)14(16(21)20-17(18)19)11-15(13)24(3,22)23/h6-7,10-11H,4-5,8-9H2,1-3H3,(H4,18,19,20,21)/b7-6+. The van der Waals surface area contributed by atoms with Crippen LogP contribution in [0.2, 0.25) is 0 Å². The van der Waals surface area contributed by atoms with Crippen molar-refractivity contribution >= 4 is 21.7 Å². The van der Waals surface area contributed by atoms with Crippen LogP contribution in [0.5, 0.6) is 0 Å². The summed E-state index contributed by atoms with van der Waals surface area (Å²) in [7, 11) is -3.47. The molecule has 4 N–H and O–H groups in total. The van der Waals surface area contributed by atoms with E-state index >= 15 is 0 Å². The van der Waals surface area contributed by atoms with Crippen molar-refractivity contribution in [2.24, 2.45) is 16.5 Å². The third kappa shape index (κ3) is 5.49. The van der Waals surface area contributed by atoms with Crippen LogP contribution in [0.4, 0.5) is 0 Å². The van der Waals surface area contributed by atoms with Gasteiger partial charge in [-0.2, -0.15) is 4.99 Å². The average molecular weight is 351 g/mol. The number of aryl methyl sites for hydroxylation is 2. The lowest BCUT2D eigenvalue weighted by atomic mass is 9.98. The summed E-state index contributed by atoms with van der Waals surface area (Å²) in [6, 6.07) is 3.16. The highest BCUT2D eigenvalue weighted by Crippen LogP contribution is 2.24. The number of nitrogens with two attached hydrogens (primary N) is 2. The van der Waals surface area contributed by atoms with Gasteiger partial charge in [0, 0.05) is 11.8 Å². The maximum atomic E-state index is 12.2. The first-order valence-electron chi connectivity index (χ1n) is 7.85. The first-order valence-corrected chi connectivity index (χ1v) is 9.74. The Kier molecular flexibility index (Phi) is 7.16. The van der Waals surface area contributed by atoms with E-state index in [-0.39, 0.29) is 16.4 Å². The van der Waals surface area contributed by atoms with Crippen molar-refractivity contribution in [3.8, 4) is 0 Å². The van der Waals surface area contributed by atoms with E-state index in [1.165, 1.54) is 6.07 Å². The molecule has 24 heavy (non-hydrogen) atoms. The number of carbonyl (C=O) groups excluding carboxylic acids is 1. The second-order valence-corrected chi connectivity index (χ2v) is 7.49. The number of carbonyl (C=O) groups is 1. The van der Waals surface area contributed by atoms with Gasteiger partial charge < -0.3 is 11.5 Å². The van der Waals surface area contributed by atoms with Gasteiger partial charge in [-0.25, -0.2) is 8.42 Å². The van der Waals surface area contributed by atoms with E-state index in [0.29, 0.717) is 18.4 Å². The largest absolute Gasteiger partial charge is 0.370 e. The van der Waals surface area contributed by atoms with Crippen LogP contribution in [0.15, 0.2) is 34.2 Å². The molecule has 132 valence electrons. The molecule has 1 amide bonds. The van der Waals surface area contributed by atoms with Crippen molar-refractivity contribution in [2.75, 3.05) is 6.26 Å². The molecule has 0 saturated carbocycles. The first-order chi connectivity index (χ1) is 11.2. The Bertz CT molecular complexity index is 762. The van der Waals surface area contributed by atoms with Gasteiger partial charge in [0.05, 0.1) is 4.90 Å². The Balaban J connectivity index is 3.42. The minimum absolute atomic E-state index is 0.152. The smallest absolute Gasteiger partial charge is 0.280 e. The number of rotatable bonds is 7. The number of hydrogen-bond donors (Lipinski definition) is 2. The fraction of sp³-hybridized carbons (Fsp3) is 0.412. The van der Waals surface area contributed by atoms with Crippen LogP contribution < -0.4 is 11.5 Å². The number of guanidine groups is 1. The summed E-state index contributed by atoms with van der Waals surface area (Å²) in [5, 5.41) is 0. The van der Waals surface area contributed by atoms with E-state index in [1.54, 1.807) is 6.07 Å². The minimum atomic E-state index is -3.47. The minimum Gasteiger partial charge on any atom is -0.370 e. The third-order valence-electron chi connectivity index (χ3n) is 3.51. The maximum Gasteiger partial charge on any atom is 0.280 e. The molecule has 0 heterocycles. The summed E-state index contributed by atoms with van der Waals surface area (Å²) in [6.07, 6.45) is 8.03. The highest BCUT2D eigenvalue weighted by atomic mass is 32.2. The molecule has 0 aliphatic carbocycles. The van der Waals surface area contributed by atoms with Crippen molar-refractivity contribution in [1.29, 1.82) is 0 Å². The topological polar surface area (TPSA) is 116 Å². The molecule has 0 aromatic heterocycles. The van der Waals surface area contributed by atoms with Gasteiger partial charge in [-0.05, 0) is 42.9 Å². The Morgan fingerprint density at radius 2 is 1.83 bits per heavy atom. The summed E-state index contributed by atoms with van der Waals surface area (Å²) in [5.41, 5.74) is 12.2. The number of allylic oxidation sites excluding steroid dienone is 2. The molecule has 7 heteroatoms. The summed E-state index contributed by atoms with van der Waals surface area (Å²) in [6.45, 7) is 3.93. The zero-order chi connectivity index (χ0) is 18.3. The molecule has 0 radical (unpaired) electrons. The van der Waals surface area contributed by atoms with Crippen molar-refractivity contribution < 1.29 is 13.2 Å². The fourth-order valence-corrected chi connectivity index (χ4v) is 3.38.